The lowest BCUT2D eigenvalue weighted by atomic mass is 9.94. The number of para-hydroxylation sites is 1. The van der Waals surface area contributed by atoms with Crippen LogP contribution in [0.15, 0.2) is 24.4 Å². The number of fused-ring (bicyclic) bond motifs is 1. The van der Waals surface area contributed by atoms with E-state index in [0.717, 1.165) is 29.3 Å². The second-order valence-corrected chi connectivity index (χ2v) is 6.12. The Morgan fingerprint density at radius 1 is 1.32 bits per heavy atom. The molecule has 4 heteroatoms. The molecular formula is C18H26N2O2. The van der Waals surface area contributed by atoms with Crippen LogP contribution in [-0.4, -0.2) is 28.1 Å². The normalized spacial score (nSPS) is 14.0. The summed E-state index contributed by atoms with van der Waals surface area (Å²) in [5.41, 5.74) is 3.07. The number of aliphatic hydroxyl groups is 1. The standard InChI is InChI=1S/C18H26N2O2/c1-4-13-7-6-8-15-14(12-19-17(13)15)11-16(22)20-18(3,5-2)9-10-21/h6-8,12,19,21H,4-5,9-11H2,1-3H3,(H,20,22). The lowest BCUT2D eigenvalue weighted by Crippen LogP contribution is -2.46. The zero-order valence-corrected chi connectivity index (χ0v) is 13.7. The van der Waals surface area contributed by atoms with Gasteiger partial charge in [0, 0.05) is 29.2 Å². The van der Waals surface area contributed by atoms with Gasteiger partial charge in [-0.25, -0.2) is 0 Å². The number of aromatic amines is 1. The first kappa shape index (κ1) is 16.6. The molecule has 2 aromatic rings. The van der Waals surface area contributed by atoms with Crippen LogP contribution in [0.3, 0.4) is 0 Å². The van der Waals surface area contributed by atoms with Gasteiger partial charge in [-0.1, -0.05) is 32.0 Å². The van der Waals surface area contributed by atoms with Crippen LogP contribution in [0.4, 0.5) is 0 Å². The molecule has 3 N–H and O–H groups in total. The van der Waals surface area contributed by atoms with Gasteiger partial charge in [0.05, 0.1) is 6.42 Å². The Kier molecular flexibility index (Phi) is 5.24. The molecule has 0 bridgehead atoms. The Bertz CT molecular complexity index is 648. The van der Waals surface area contributed by atoms with E-state index in [2.05, 4.69) is 29.4 Å². The summed E-state index contributed by atoms with van der Waals surface area (Å²) in [7, 11) is 0. The van der Waals surface area contributed by atoms with E-state index in [1.807, 2.05) is 26.1 Å². The molecule has 0 spiro atoms. The van der Waals surface area contributed by atoms with Gasteiger partial charge in [0.25, 0.3) is 0 Å². The quantitative estimate of drug-likeness (QED) is 0.736. The third kappa shape index (κ3) is 3.50. The largest absolute Gasteiger partial charge is 0.396 e. The van der Waals surface area contributed by atoms with Crippen LogP contribution < -0.4 is 5.32 Å². The van der Waals surface area contributed by atoms with Crippen LogP contribution in [0, 0.1) is 0 Å². The number of amides is 1. The van der Waals surface area contributed by atoms with E-state index in [-0.39, 0.29) is 18.1 Å². The predicted molar refractivity (Wildman–Crippen MR) is 89.9 cm³/mol. The van der Waals surface area contributed by atoms with Crippen molar-refractivity contribution in [2.24, 2.45) is 0 Å². The van der Waals surface area contributed by atoms with Gasteiger partial charge < -0.3 is 15.4 Å². The molecule has 2 rings (SSSR count). The fraction of sp³-hybridized carbons (Fsp3) is 0.500. The van der Waals surface area contributed by atoms with Crippen LogP contribution in [0.25, 0.3) is 10.9 Å². The molecule has 1 unspecified atom stereocenters. The highest BCUT2D eigenvalue weighted by Gasteiger charge is 2.24. The highest BCUT2D eigenvalue weighted by atomic mass is 16.3. The summed E-state index contributed by atoms with van der Waals surface area (Å²) in [5.74, 6) is 0.000557. The summed E-state index contributed by atoms with van der Waals surface area (Å²) in [6, 6.07) is 6.21. The Morgan fingerprint density at radius 2 is 2.09 bits per heavy atom. The molecule has 22 heavy (non-hydrogen) atoms. The first-order valence-corrected chi connectivity index (χ1v) is 8.02. The molecule has 0 saturated heterocycles. The molecule has 0 aliphatic rings. The number of rotatable bonds is 7. The highest BCUT2D eigenvalue weighted by molar-refractivity contribution is 5.90. The maximum Gasteiger partial charge on any atom is 0.224 e. The number of benzene rings is 1. The van der Waals surface area contributed by atoms with Crippen LogP contribution >= 0.6 is 0 Å². The molecule has 1 aromatic carbocycles. The van der Waals surface area contributed by atoms with E-state index < -0.39 is 0 Å². The lowest BCUT2D eigenvalue weighted by Gasteiger charge is -2.29. The van der Waals surface area contributed by atoms with Gasteiger partial charge in [0.2, 0.25) is 5.91 Å². The Balaban J connectivity index is 2.15. The topological polar surface area (TPSA) is 65.1 Å². The van der Waals surface area contributed by atoms with Gasteiger partial charge in [-0.2, -0.15) is 0 Å². The van der Waals surface area contributed by atoms with Crippen molar-refractivity contribution in [1.29, 1.82) is 0 Å². The zero-order chi connectivity index (χ0) is 16.2. The van der Waals surface area contributed by atoms with E-state index in [9.17, 15) is 4.79 Å². The third-order valence-corrected chi connectivity index (χ3v) is 4.50. The third-order valence-electron chi connectivity index (χ3n) is 4.50. The van der Waals surface area contributed by atoms with Gasteiger partial charge >= 0.3 is 0 Å². The number of aliphatic hydroxyl groups excluding tert-OH is 1. The van der Waals surface area contributed by atoms with Crippen molar-refractivity contribution in [3.8, 4) is 0 Å². The molecule has 0 aliphatic carbocycles. The first-order valence-electron chi connectivity index (χ1n) is 8.02. The molecule has 4 nitrogen and oxygen atoms in total. The summed E-state index contributed by atoms with van der Waals surface area (Å²) < 4.78 is 0. The Hall–Kier alpha value is -1.81. The van der Waals surface area contributed by atoms with Gasteiger partial charge in [0.15, 0.2) is 0 Å². The summed E-state index contributed by atoms with van der Waals surface area (Å²) in [6.07, 6.45) is 4.62. The molecule has 0 radical (unpaired) electrons. The number of hydrogen-bond acceptors (Lipinski definition) is 2. The van der Waals surface area contributed by atoms with E-state index in [1.54, 1.807) is 0 Å². The van der Waals surface area contributed by atoms with Gasteiger partial charge in [0.1, 0.15) is 0 Å². The maximum atomic E-state index is 12.4. The molecule has 120 valence electrons. The molecule has 1 amide bonds. The van der Waals surface area contributed by atoms with Crippen LogP contribution in [0.1, 0.15) is 44.7 Å². The minimum absolute atomic E-state index is 0.000557. The zero-order valence-electron chi connectivity index (χ0n) is 13.7. The van der Waals surface area contributed by atoms with Crippen molar-refractivity contribution in [2.45, 2.75) is 52.0 Å². The maximum absolute atomic E-state index is 12.4. The molecule has 1 aromatic heterocycles. The van der Waals surface area contributed by atoms with Crippen LogP contribution in [0.5, 0.6) is 0 Å². The molecule has 0 aliphatic heterocycles. The van der Waals surface area contributed by atoms with Gasteiger partial charge in [-0.15, -0.1) is 0 Å². The van der Waals surface area contributed by atoms with Crippen LogP contribution in [-0.2, 0) is 17.6 Å². The lowest BCUT2D eigenvalue weighted by molar-refractivity contribution is -0.122. The van der Waals surface area contributed by atoms with Gasteiger partial charge in [-0.05, 0) is 37.3 Å². The SMILES string of the molecule is CCc1cccc2c(CC(=O)NC(C)(CC)CCO)c[nH]c12. The minimum atomic E-state index is -0.341. The number of nitrogens with one attached hydrogen (secondary N) is 2. The summed E-state index contributed by atoms with van der Waals surface area (Å²) >= 11 is 0. The number of aryl methyl sites for hydroxylation is 1. The Morgan fingerprint density at radius 3 is 2.73 bits per heavy atom. The molecular weight excluding hydrogens is 276 g/mol. The molecule has 0 fully saturated rings. The van der Waals surface area contributed by atoms with E-state index in [0.29, 0.717) is 12.8 Å². The second kappa shape index (κ2) is 6.97. The highest BCUT2D eigenvalue weighted by Crippen LogP contribution is 2.23. The number of hydrogen-bond donors (Lipinski definition) is 3. The minimum Gasteiger partial charge on any atom is -0.396 e. The van der Waals surface area contributed by atoms with Crippen molar-refractivity contribution in [3.63, 3.8) is 0 Å². The van der Waals surface area contributed by atoms with Crippen molar-refractivity contribution in [2.75, 3.05) is 6.61 Å². The average Bonchev–Trinajstić information content (AvgIpc) is 2.90. The smallest absolute Gasteiger partial charge is 0.224 e. The van der Waals surface area contributed by atoms with Crippen molar-refractivity contribution >= 4 is 16.8 Å². The van der Waals surface area contributed by atoms with Crippen molar-refractivity contribution < 1.29 is 9.90 Å². The van der Waals surface area contributed by atoms with Crippen LogP contribution in [0.2, 0.25) is 0 Å². The van der Waals surface area contributed by atoms with Crippen molar-refractivity contribution in [3.05, 3.63) is 35.5 Å². The number of aromatic nitrogens is 1. The second-order valence-electron chi connectivity index (χ2n) is 6.12. The average molecular weight is 302 g/mol. The van der Waals surface area contributed by atoms with E-state index in [1.165, 1.54) is 5.56 Å². The fourth-order valence-electron chi connectivity index (χ4n) is 2.84. The fourth-order valence-corrected chi connectivity index (χ4v) is 2.84. The first-order chi connectivity index (χ1) is 10.5. The predicted octanol–water partition coefficient (Wildman–Crippen LogP) is 2.94. The van der Waals surface area contributed by atoms with Gasteiger partial charge in [-0.3, -0.25) is 4.79 Å². The summed E-state index contributed by atoms with van der Waals surface area (Å²) in [6.45, 7) is 6.21. The number of H-pyrrole nitrogens is 1. The van der Waals surface area contributed by atoms with E-state index >= 15 is 0 Å². The molecule has 0 saturated carbocycles. The number of carbonyl (C=O) groups is 1. The summed E-state index contributed by atoms with van der Waals surface area (Å²) in [5, 5.41) is 13.3. The van der Waals surface area contributed by atoms with E-state index in [4.69, 9.17) is 5.11 Å². The number of carbonyl (C=O) groups excluding carboxylic acids is 1. The monoisotopic (exact) mass is 302 g/mol. The molecule has 1 heterocycles. The molecule has 1 atom stereocenters. The summed E-state index contributed by atoms with van der Waals surface area (Å²) in [4.78, 5) is 15.6. The van der Waals surface area contributed by atoms with Crippen molar-refractivity contribution in [1.82, 2.24) is 10.3 Å². The Labute approximate surface area is 131 Å².